The van der Waals surface area contributed by atoms with Crippen molar-refractivity contribution in [2.75, 3.05) is 6.73 Å². The van der Waals surface area contributed by atoms with Crippen molar-refractivity contribution in [1.29, 1.82) is 0 Å². The van der Waals surface area contributed by atoms with E-state index in [0.29, 0.717) is 22.5 Å². The number of esters is 1. The predicted molar refractivity (Wildman–Crippen MR) is 185 cm³/mol. The molecule has 8 nitrogen and oxygen atoms in total. The number of ether oxygens (including phenoxy) is 1. The molecule has 3 heterocycles. The van der Waals surface area contributed by atoms with Gasteiger partial charge in [-0.25, -0.2) is 4.90 Å². The number of nitrogens with zero attached hydrogens (tertiary/aromatic N) is 3. The zero-order valence-electron chi connectivity index (χ0n) is 27.0. The van der Waals surface area contributed by atoms with E-state index in [9.17, 15) is 19.5 Å². The first-order valence-corrected chi connectivity index (χ1v) is 16.6. The number of carbonyl (C=O) groups excluding carboxylic acids is 3. The van der Waals surface area contributed by atoms with Crippen molar-refractivity contribution in [1.82, 2.24) is 14.9 Å². The van der Waals surface area contributed by atoms with Gasteiger partial charge >= 0.3 is 5.97 Å². The molecule has 2 bridgehead atoms. The summed E-state index contributed by atoms with van der Waals surface area (Å²) >= 11 is 0. The molecular weight excluding hydrogens is 626 g/mol. The SMILES string of the molecule is O=C(Cc1ccccc1)OCN1C(=O)C2C3C=C(C(O)(c4ccccc4)c4ccccn4)C(C3=C(c3ccccc3)c3ccccn3)C2C1=O. The van der Waals surface area contributed by atoms with E-state index in [0.717, 1.165) is 27.2 Å². The number of likely N-dealkylation sites (tertiary alicyclic amines) is 1. The van der Waals surface area contributed by atoms with Gasteiger partial charge in [-0.3, -0.25) is 24.4 Å². The Bertz CT molecular complexity index is 2040. The van der Waals surface area contributed by atoms with Gasteiger partial charge in [0.15, 0.2) is 12.3 Å². The molecule has 2 aromatic heterocycles. The molecule has 0 radical (unpaired) electrons. The van der Waals surface area contributed by atoms with Crippen molar-refractivity contribution in [2.45, 2.75) is 12.0 Å². The van der Waals surface area contributed by atoms with Crippen molar-refractivity contribution in [3.8, 4) is 0 Å². The van der Waals surface area contributed by atoms with E-state index in [-0.39, 0.29) is 6.42 Å². The summed E-state index contributed by atoms with van der Waals surface area (Å²) in [6.45, 7) is -0.473. The molecule has 8 heteroatoms. The Morgan fingerprint density at radius 3 is 2.02 bits per heavy atom. The summed E-state index contributed by atoms with van der Waals surface area (Å²) < 4.78 is 5.52. The lowest BCUT2D eigenvalue weighted by atomic mass is 9.71. The van der Waals surface area contributed by atoms with Crippen LogP contribution in [0, 0.1) is 23.7 Å². The summed E-state index contributed by atoms with van der Waals surface area (Å²) in [5.41, 5.74) is 3.89. The van der Waals surface area contributed by atoms with E-state index in [1.54, 1.807) is 24.5 Å². The fraction of sp³-hybridized carbons (Fsp3) is 0.167. The molecular formula is C42H33N3O5. The molecule has 1 aliphatic heterocycles. The number of allylic oxidation sites excluding steroid dienone is 2. The van der Waals surface area contributed by atoms with Crippen LogP contribution in [0.2, 0.25) is 0 Å². The number of hydrogen-bond acceptors (Lipinski definition) is 7. The van der Waals surface area contributed by atoms with Crippen molar-refractivity contribution in [3.63, 3.8) is 0 Å². The normalized spacial score (nSPS) is 22.9. The molecule has 2 amide bonds. The number of carbonyl (C=O) groups is 3. The van der Waals surface area contributed by atoms with E-state index >= 15 is 0 Å². The van der Waals surface area contributed by atoms with Gasteiger partial charge in [-0.1, -0.05) is 109 Å². The largest absolute Gasteiger partial charge is 0.443 e. The van der Waals surface area contributed by atoms with Crippen LogP contribution in [0.1, 0.15) is 28.1 Å². The van der Waals surface area contributed by atoms with Gasteiger partial charge in [-0.15, -0.1) is 0 Å². The maximum atomic E-state index is 14.5. The Kier molecular flexibility index (Phi) is 8.01. The fourth-order valence-electron chi connectivity index (χ4n) is 7.99. The Morgan fingerprint density at radius 2 is 1.36 bits per heavy atom. The number of rotatable bonds is 9. The van der Waals surface area contributed by atoms with Crippen molar-refractivity contribution < 1.29 is 24.2 Å². The third kappa shape index (κ3) is 5.16. The zero-order chi connectivity index (χ0) is 34.2. The first kappa shape index (κ1) is 31.3. The second-order valence-corrected chi connectivity index (χ2v) is 12.8. The second kappa shape index (κ2) is 12.8. The number of aromatic nitrogens is 2. The number of amides is 2. The van der Waals surface area contributed by atoms with Gasteiger partial charge in [0.1, 0.15) is 0 Å². The van der Waals surface area contributed by atoms with Crippen LogP contribution in [-0.4, -0.2) is 44.5 Å². The van der Waals surface area contributed by atoms with E-state index in [4.69, 9.17) is 9.72 Å². The number of fused-ring (bicyclic) bond motifs is 5. The van der Waals surface area contributed by atoms with Gasteiger partial charge < -0.3 is 9.84 Å². The molecule has 0 spiro atoms. The lowest BCUT2D eigenvalue weighted by Gasteiger charge is -2.36. The summed E-state index contributed by atoms with van der Waals surface area (Å²) in [5, 5.41) is 13.0. The van der Waals surface area contributed by atoms with E-state index in [1.807, 2.05) is 121 Å². The molecule has 3 aliphatic rings. The molecule has 5 atom stereocenters. The molecule has 2 fully saturated rings. The Morgan fingerprint density at radius 1 is 0.740 bits per heavy atom. The van der Waals surface area contributed by atoms with Crippen LogP contribution in [0.25, 0.3) is 5.57 Å². The molecule has 1 N–H and O–H groups in total. The lowest BCUT2D eigenvalue weighted by Crippen LogP contribution is -2.39. The van der Waals surface area contributed by atoms with Gasteiger partial charge in [-0.2, -0.15) is 0 Å². The molecule has 3 aromatic carbocycles. The van der Waals surface area contributed by atoms with Gasteiger partial charge in [0.2, 0.25) is 11.8 Å². The van der Waals surface area contributed by atoms with Crippen molar-refractivity contribution >= 4 is 23.4 Å². The molecule has 2 aliphatic carbocycles. The minimum Gasteiger partial charge on any atom is -0.443 e. The standard InChI is InChI=1S/C42H33N3O5/c46-34(24-27-14-4-1-5-15-27)50-26-45-40(47)37-30-25-31(42(49,29-18-8-3-9-19-29)33-21-11-13-23-44-33)38(39(37)41(45)48)36(30)35(28-16-6-2-7-17-28)32-20-10-12-22-43-32/h1-23,25,30,37-39,49H,24,26H2. The summed E-state index contributed by atoms with van der Waals surface area (Å²) in [6.07, 6.45) is 5.34. The number of benzene rings is 3. The molecule has 8 rings (SSSR count). The minimum atomic E-state index is -1.72. The molecule has 5 unspecified atom stereocenters. The average Bonchev–Trinajstić information content (AvgIpc) is 3.78. The Balaban J connectivity index is 1.26. The molecule has 246 valence electrons. The van der Waals surface area contributed by atoms with Crippen LogP contribution in [0.5, 0.6) is 0 Å². The monoisotopic (exact) mass is 659 g/mol. The predicted octanol–water partition coefficient (Wildman–Crippen LogP) is 5.75. The molecule has 50 heavy (non-hydrogen) atoms. The van der Waals surface area contributed by atoms with E-state index < -0.39 is 53.8 Å². The fourth-order valence-corrected chi connectivity index (χ4v) is 7.99. The topological polar surface area (TPSA) is 110 Å². The molecule has 1 saturated carbocycles. The maximum Gasteiger partial charge on any atom is 0.311 e. The van der Waals surface area contributed by atoms with Crippen LogP contribution in [-0.2, 0) is 31.1 Å². The van der Waals surface area contributed by atoms with E-state index in [1.165, 1.54) is 0 Å². The van der Waals surface area contributed by atoms with Gasteiger partial charge in [0, 0.05) is 29.8 Å². The highest BCUT2D eigenvalue weighted by molar-refractivity contribution is 6.08. The highest BCUT2D eigenvalue weighted by atomic mass is 16.5. The summed E-state index contributed by atoms with van der Waals surface area (Å²) in [5.74, 6) is -4.18. The van der Waals surface area contributed by atoms with Crippen LogP contribution in [0.15, 0.2) is 157 Å². The zero-order valence-corrected chi connectivity index (χ0v) is 27.0. The number of pyridine rings is 2. The van der Waals surface area contributed by atoms with Crippen LogP contribution < -0.4 is 0 Å². The third-order valence-electron chi connectivity index (χ3n) is 10.1. The third-order valence-corrected chi connectivity index (χ3v) is 10.1. The Labute approximate surface area is 289 Å². The quantitative estimate of drug-likeness (QED) is 0.122. The smallest absolute Gasteiger partial charge is 0.311 e. The van der Waals surface area contributed by atoms with Crippen LogP contribution >= 0.6 is 0 Å². The lowest BCUT2D eigenvalue weighted by molar-refractivity contribution is -0.156. The minimum absolute atomic E-state index is 0.0203. The second-order valence-electron chi connectivity index (χ2n) is 12.8. The summed E-state index contributed by atoms with van der Waals surface area (Å²) in [4.78, 5) is 52.0. The van der Waals surface area contributed by atoms with Gasteiger partial charge in [-0.05, 0) is 52.1 Å². The van der Waals surface area contributed by atoms with Crippen molar-refractivity contribution in [3.05, 3.63) is 185 Å². The van der Waals surface area contributed by atoms with Crippen LogP contribution in [0.4, 0.5) is 0 Å². The number of imide groups is 1. The van der Waals surface area contributed by atoms with Gasteiger partial charge in [0.25, 0.3) is 0 Å². The first-order valence-electron chi connectivity index (χ1n) is 16.6. The summed E-state index contributed by atoms with van der Waals surface area (Å²) in [6, 6.07) is 39.3. The average molecular weight is 660 g/mol. The first-order chi connectivity index (χ1) is 24.5. The summed E-state index contributed by atoms with van der Waals surface area (Å²) in [7, 11) is 0. The van der Waals surface area contributed by atoms with Crippen molar-refractivity contribution in [2.24, 2.45) is 23.7 Å². The van der Waals surface area contributed by atoms with Crippen LogP contribution in [0.3, 0.4) is 0 Å². The molecule has 5 aromatic rings. The number of hydrogen-bond donors (Lipinski definition) is 1. The highest BCUT2D eigenvalue weighted by Gasteiger charge is 2.67. The Hall–Kier alpha value is -5.99. The van der Waals surface area contributed by atoms with E-state index in [2.05, 4.69) is 4.98 Å². The highest BCUT2D eigenvalue weighted by Crippen LogP contribution is 2.64. The number of aliphatic hydroxyl groups is 1. The van der Waals surface area contributed by atoms with Gasteiger partial charge in [0.05, 0.1) is 29.6 Å². The molecule has 1 saturated heterocycles. The maximum absolute atomic E-state index is 14.5.